The number of fused-ring (bicyclic) bond motifs is 1. The fourth-order valence-corrected chi connectivity index (χ4v) is 2.79. The predicted molar refractivity (Wildman–Crippen MR) is 97.8 cm³/mol. The van der Waals surface area contributed by atoms with E-state index >= 15 is 0 Å². The summed E-state index contributed by atoms with van der Waals surface area (Å²) in [7, 11) is 0. The highest BCUT2D eigenvalue weighted by Crippen LogP contribution is 2.31. The molecule has 3 nitrogen and oxygen atoms in total. The minimum absolute atomic E-state index is 0.0957. The summed E-state index contributed by atoms with van der Waals surface area (Å²) in [5.74, 6) is 0.770. The Morgan fingerprint density at radius 1 is 1.00 bits per heavy atom. The molecule has 0 atom stereocenters. The number of ether oxygens (including phenoxy) is 1. The number of hydrogen-bond donors (Lipinski definition) is 0. The molecule has 0 aliphatic rings. The molecule has 3 rings (SSSR count). The Hall–Kier alpha value is -2.55. The van der Waals surface area contributed by atoms with E-state index in [4.69, 9.17) is 9.15 Å². The highest BCUT2D eigenvalue weighted by molar-refractivity contribution is 5.94. The molecule has 0 bridgehead atoms. The molecule has 24 heavy (non-hydrogen) atoms. The van der Waals surface area contributed by atoms with Gasteiger partial charge in [0.1, 0.15) is 11.3 Å². The summed E-state index contributed by atoms with van der Waals surface area (Å²) in [5, 5.41) is 0.879. The molecule has 3 heteroatoms. The lowest BCUT2D eigenvalue weighted by Crippen LogP contribution is -2.10. The average Bonchev–Trinajstić information content (AvgIpc) is 2.54. The van der Waals surface area contributed by atoms with Gasteiger partial charge in [0.25, 0.3) is 0 Å². The molecule has 1 aromatic heterocycles. The summed E-state index contributed by atoms with van der Waals surface area (Å²) < 4.78 is 10.9. The van der Waals surface area contributed by atoms with Gasteiger partial charge in [0.2, 0.25) is 0 Å². The topological polar surface area (TPSA) is 39.4 Å². The van der Waals surface area contributed by atoms with Crippen molar-refractivity contribution in [3.05, 3.63) is 64.5 Å². The minimum atomic E-state index is -0.346. The second-order valence-electron chi connectivity index (χ2n) is 6.90. The first kappa shape index (κ1) is 16.3. The van der Waals surface area contributed by atoms with Crippen molar-refractivity contribution in [3.63, 3.8) is 0 Å². The van der Waals surface area contributed by atoms with E-state index in [9.17, 15) is 4.79 Å². The molecule has 0 aliphatic carbocycles. The molecule has 0 radical (unpaired) electrons. The molecule has 0 unspecified atom stereocenters. The third kappa shape index (κ3) is 3.21. The van der Waals surface area contributed by atoms with E-state index in [0.717, 1.165) is 22.3 Å². The van der Waals surface area contributed by atoms with Gasteiger partial charge in [-0.2, -0.15) is 0 Å². The largest absolute Gasteiger partial charge is 0.494 e. The molecule has 0 aliphatic heterocycles. The first-order chi connectivity index (χ1) is 11.4. The van der Waals surface area contributed by atoms with Crippen molar-refractivity contribution in [2.45, 2.75) is 33.1 Å². The fraction of sp³-hybridized carbons (Fsp3) is 0.286. The van der Waals surface area contributed by atoms with Crippen molar-refractivity contribution < 1.29 is 9.15 Å². The molecule has 0 fully saturated rings. The molecule has 124 valence electrons. The Morgan fingerprint density at radius 3 is 2.33 bits per heavy atom. The summed E-state index contributed by atoms with van der Waals surface area (Å²) in [6.45, 7) is 9.09. The van der Waals surface area contributed by atoms with Crippen LogP contribution >= 0.6 is 0 Å². The van der Waals surface area contributed by atoms with Gasteiger partial charge in [0.05, 0.1) is 6.61 Å². The van der Waals surface area contributed by atoms with E-state index < -0.39 is 0 Å². The van der Waals surface area contributed by atoms with Gasteiger partial charge in [-0.25, -0.2) is 4.79 Å². The fourth-order valence-electron chi connectivity index (χ4n) is 2.79. The zero-order valence-corrected chi connectivity index (χ0v) is 14.6. The summed E-state index contributed by atoms with van der Waals surface area (Å²) >= 11 is 0. The molecule has 0 amide bonds. The predicted octanol–water partition coefficient (Wildman–Crippen LogP) is 5.16. The molecule has 0 spiro atoms. The molecule has 2 aromatic carbocycles. The summed E-state index contributed by atoms with van der Waals surface area (Å²) in [6, 6.07) is 15.4. The lowest BCUT2D eigenvalue weighted by Gasteiger charge is -2.19. The Morgan fingerprint density at radius 2 is 1.71 bits per heavy atom. The molecule has 0 N–H and O–H groups in total. The van der Waals surface area contributed by atoms with Crippen LogP contribution in [0.1, 0.15) is 33.3 Å². The van der Waals surface area contributed by atoms with Gasteiger partial charge < -0.3 is 9.15 Å². The highest BCUT2D eigenvalue weighted by atomic mass is 16.5. The van der Waals surface area contributed by atoms with Gasteiger partial charge in [-0.3, -0.25) is 0 Å². The van der Waals surface area contributed by atoms with E-state index in [2.05, 4.69) is 45.0 Å². The standard InChI is InChI=1S/C21H22O3/c1-5-23-16-10-11-19-18(12-16)17(13-20(22)24-19)14-6-8-15(9-7-14)21(2,3)4/h6-13H,5H2,1-4H3. The van der Waals surface area contributed by atoms with Crippen LogP contribution in [-0.2, 0) is 5.41 Å². The van der Waals surface area contributed by atoms with E-state index in [1.165, 1.54) is 5.56 Å². The zero-order valence-electron chi connectivity index (χ0n) is 14.6. The Bertz CT molecular complexity index is 912. The van der Waals surface area contributed by atoms with Crippen LogP contribution in [0.5, 0.6) is 5.75 Å². The van der Waals surface area contributed by atoms with Crippen molar-refractivity contribution in [2.75, 3.05) is 6.61 Å². The van der Waals surface area contributed by atoms with Crippen LogP contribution in [0, 0.1) is 0 Å². The molecule has 1 heterocycles. The van der Waals surface area contributed by atoms with Gasteiger partial charge in [-0.15, -0.1) is 0 Å². The van der Waals surface area contributed by atoms with Crippen molar-refractivity contribution in [1.82, 2.24) is 0 Å². The van der Waals surface area contributed by atoms with Crippen molar-refractivity contribution in [3.8, 4) is 16.9 Å². The molecular formula is C21H22O3. The quantitative estimate of drug-likeness (QED) is 0.626. The lowest BCUT2D eigenvalue weighted by atomic mass is 9.86. The third-order valence-corrected chi connectivity index (χ3v) is 4.09. The van der Waals surface area contributed by atoms with Gasteiger partial charge in [-0.05, 0) is 47.2 Å². The summed E-state index contributed by atoms with van der Waals surface area (Å²) in [4.78, 5) is 11.9. The van der Waals surface area contributed by atoms with E-state index in [0.29, 0.717) is 12.2 Å². The third-order valence-electron chi connectivity index (χ3n) is 4.09. The van der Waals surface area contributed by atoms with Crippen LogP contribution in [0.4, 0.5) is 0 Å². The second-order valence-corrected chi connectivity index (χ2v) is 6.90. The minimum Gasteiger partial charge on any atom is -0.494 e. The van der Waals surface area contributed by atoms with Crippen LogP contribution in [0.25, 0.3) is 22.1 Å². The van der Waals surface area contributed by atoms with Gasteiger partial charge in [0, 0.05) is 11.5 Å². The smallest absolute Gasteiger partial charge is 0.336 e. The van der Waals surface area contributed by atoms with Gasteiger partial charge in [-0.1, -0.05) is 45.0 Å². The SMILES string of the molecule is CCOc1ccc2oc(=O)cc(-c3ccc(C(C)(C)C)cc3)c2c1. The molecule has 0 saturated carbocycles. The maximum absolute atomic E-state index is 11.9. The number of benzene rings is 2. The molecule has 3 aromatic rings. The van der Waals surface area contributed by atoms with Crippen LogP contribution in [0.15, 0.2) is 57.7 Å². The van der Waals surface area contributed by atoms with Crippen LogP contribution in [0.2, 0.25) is 0 Å². The Kier molecular flexibility index (Phi) is 4.18. The monoisotopic (exact) mass is 322 g/mol. The van der Waals surface area contributed by atoms with Gasteiger partial charge >= 0.3 is 5.63 Å². The molecular weight excluding hydrogens is 300 g/mol. The first-order valence-corrected chi connectivity index (χ1v) is 8.20. The second kappa shape index (κ2) is 6.16. The first-order valence-electron chi connectivity index (χ1n) is 8.20. The van der Waals surface area contributed by atoms with E-state index in [-0.39, 0.29) is 11.0 Å². The normalized spacial score (nSPS) is 11.7. The highest BCUT2D eigenvalue weighted by Gasteiger charge is 2.14. The van der Waals surface area contributed by atoms with E-state index in [1.54, 1.807) is 12.1 Å². The van der Waals surface area contributed by atoms with E-state index in [1.807, 2.05) is 19.1 Å². The zero-order chi connectivity index (χ0) is 17.3. The average molecular weight is 322 g/mol. The maximum atomic E-state index is 11.9. The summed E-state index contributed by atoms with van der Waals surface area (Å²) in [5.41, 5.74) is 3.44. The van der Waals surface area contributed by atoms with Gasteiger partial charge in [0.15, 0.2) is 0 Å². The van der Waals surface area contributed by atoms with Crippen LogP contribution < -0.4 is 10.4 Å². The molecule has 0 saturated heterocycles. The van der Waals surface area contributed by atoms with Crippen LogP contribution in [0.3, 0.4) is 0 Å². The lowest BCUT2D eigenvalue weighted by molar-refractivity contribution is 0.340. The Labute approximate surface area is 141 Å². The van der Waals surface area contributed by atoms with Crippen molar-refractivity contribution >= 4 is 11.0 Å². The summed E-state index contributed by atoms with van der Waals surface area (Å²) in [6.07, 6.45) is 0. The maximum Gasteiger partial charge on any atom is 0.336 e. The van der Waals surface area contributed by atoms with Crippen LogP contribution in [-0.4, -0.2) is 6.61 Å². The van der Waals surface area contributed by atoms with Crippen molar-refractivity contribution in [1.29, 1.82) is 0 Å². The Balaban J connectivity index is 2.17. The number of rotatable bonds is 3. The van der Waals surface area contributed by atoms with Crippen molar-refractivity contribution in [2.24, 2.45) is 0 Å². The number of hydrogen-bond acceptors (Lipinski definition) is 3.